The molecule has 1 N–H and O–H groups in total. The third-order valence-corrected chi connectivity index (χ3v) is 4.30. The van der Waals surface area contributed by atoms with Gasteiger partial charge in [0.15, 0.2) is 0 Å². The second-order valence-corrected chi connectivity index (χ2v) is 5.56. The van der Waals surface area contributed by atoms with Crippen LogP contribution < -0.4 is 4.13 Å². The van der Waals surface area contributed by atoms with E-state index in [1.54, 1.807) is 0 Å². The van der Waals surface area contributed by atoms with Gasteiger partial charge in [-0.1, -0.05) is 4.13 Å². The summed E-state index contributed by atoms with van der Waals surface area (Å²) in [6.45, 7) is 1.37. The highest BCUT2D eigenvalue weighted by Crippen LogP contribution is 2.08. The van der Waals surface area contributed by atoms with E-state index in [1.807, 2.05) is 0 Å². The summed E-state index contributed by atoms with van der Waals surface area (Å²) in [5.74, 6) is -0.327. The van der Waals surface area contributed by atoms with E-state index >= 15 is 0 Å². The number of hydrogen-bond acceptors (Lipinski definition) is 5. The quantitative estimate of drug-likeness (QED) is 0.519. The Morgan fingerprint density at radius 2 is 1.91 bits per heavy atom. The number of rotatable bonds is 0. The van der Waals surface area contributed by atoms with E-state index in [2.05, 4.69) is 4.18 Å². The second-order valence-electron chi connectivity index (χ2n) is 2.23. The molecule has 6 nitrogen and oxygen atoms in total. The summed E-state index contributed by atoms with van der Waals surface area (Å²) in [5.41, 5.74) is 0. The average molecular weight is 201 g/mol. The van der Waals surface area contributed by atoms with Crippen LogP contribution in [0.4, 0.5) is 0 Å². The van der Waals surface area contributed by atoms with E-state index in [9.17, 15) is 16.8 Å². The van der Waals surface area contributed by atoms with Crippen LogP contribution >= 0.6 is 0 Å². The van der Waals surface area contributed by atoms with E-state index in [0.717, 1.165) is 0 Å². The molecule has 0 spiro atoms. The van der Waals surface area contributed by atoms with Crippen LogP contribution in [0.5, 0.6) is 0 Å². The summed E-state index contributed by atoms with van der Waals surface area (Å²) in [7, 11) is -7.78. The molecule has 1 rings (SSSR count). The van der Waals surface area contributed by atoms with E-state index in [4.69, 9.17) is 0 Å². The van der Waals surface area contributed by atoms with Crippen LogP contribution in [0.15, 0.2) is 0 Å². The highest BCUT2D eigenvalue weighted by Gasteiger charge is 2.32. The molecule has 1 unspecified atom stereocenters. The molecule has 0 aliphatic carbocycles. The maximum Gasteiger partial charge on any atom is 0.349 e. The van der Waals surface area contributed by atoms with Crippen molar-refractivity contribution in [3.63, 3.8) is 0 Å². The molecule has 0 aromatic carbocycles. The summed E-state index contributed by atoms with van der Waals surface area (Å²) >= 11 is 0. The summed E-state index contributed by atoms with van der Waals surface area (Å²) < 4.78 is 48.2. The summed E-state index contributed by atoms with van der Waals surface area (Å²) in [4.78, 5) is 0. The van der Waals surface area contributed by atoms with Gasteiger partial charge in [0.1, 0.15) is 0 Å². The molecule has 0 aromatic rings. The molecule has 0 radical (unpaired) electrons. The molecule has 11 heavy (non-hydrogen) atoms. The van der Waals surface area contributed by atoms with Crippen molar-refractivity contribution in [3.05, 3.63) is 0 Å². The van der Waals surface area contributed by atoms with E-state index < -0.39 is 26.4 Å². The van der Waals surface area contributed by atoms with Gasteiger partial charge in [0.25, 0.3) is 0 Å². The van der Waals surface area contributed by atoms with Crippen molar-refractivity contribution >= 4 is 20.3 Å². The molecule has 8 heteroatoms. The van der Waals surface area contributed by atoms with E-state index in [1.165, 1.54) is 11.1 Å². The van der Waals surface area contributed by atoms with Gasteiger partial charge in [-0.2, -0.15) is 8.42 Å². The molecule has 66 valence electrons. The molecule has 1 aliphatic heterocycles. The van der Waals surface area contributed by atoms with Crippen LogP contribution in [0.3, 0.4) is 0 Å². The normalized spacial score (nSPS) is 34.8. The van der Waals surface area contributed by atoms with Gasteiger partial charge in [0.2, 0.25) is 10.0 Å². The van der Waals surface area contributed by atoms with Crippen LogP contribution in [-0.2, 0) is 24.5 Å². The molecular weight excluding hydrogens is 194 g/mol. The smallest absolute Gasteiger partial charge is 0.253 e. The minimum absolute atomic E-state index is 0.327. The van der Waals surface area contributed by atoms with E-state index in [0.29, 0.717) is 0 Å². The van der Waals surface area contributed by atoms with Crippen LogP contribution in [0.1, 0.15) is 6.92 Å². The standard InChI is InChI=1S/C3H7NO5S2/c1-3-2-10(5,6)4-11(7,8)9-3/h3-4H,2H2,1H3. The van der Waals surface area contributed by atoms with Crippen molar-refractivity contribution in [3.8, 4) is 0 Å². The maximum absolute atomic E-state index is 10.7. The Bertz CT molecular complexity index is 306. The Morgan fingerprint density at radius 3 is 2.27 bits per heavy atom. The third kappa shape index (κ3) is 2.40. The highest BCUT2D eigenvalue weighted by atomic mass is 32.3. The Morgan fingerprint density at radius 1 is 1.36 bits per heavy atom. The van der Waals surface area contributed by atoms with Crippen molar-refractivity contribution in [2.75, 3.05) is 5.75 Å². The molecule has 1 fully saturated rings. The van der Waals surface area contributed by atoms with Gasteiger partial charge in [-0.05, 0) is 6.92 Å². The SMILES string of the molecule is CC1CS(=O)(=O)NS(=O)(=O)O1. The molecule has 0 aromatic heterocycles. The maximum atomic E-state index is 10.7. The van der Waals surface area contributed by atoms with Gasteiger partial charge in [-0.3, -0.25) is 4.18 Å². The lowest BCUT2D eigenvalue weighted by atomic mass is 10.5. The molecule has 0 saturated carbocycles. The minimum atomic E-state index is -4.08. The molecule has 1 heterocycles. The van der Waals surface area contributed by atoms with Crippen LogP contribution in [0.25, 0.3) is 0 Å². The van der Waals surface area contributed by atoms with Gasteiger partial charge in [0.05, 0.1) is 11.9 Å². The molecule has 0 bridgehead atoms. The first kappa shape index (κ1) is 8.91. The van der Waals surface area contributed by atoms with Gasteiger partial charge < -0.3 is 0 Å². The van der Waals surface area contributed by atoms with Crippen molar-refractivity contribution in [1.82, 2.24) is 4.13 Å². The van der Waals surface area contributed by atoms with Crippen LogP contribution in [0, 0.1) is 0 Å². The molecular formula is C3H7NO5S2. The largest absolute Gasteiger partial charge is 0.349 e. The van der Waals surface area contributed by atoms with Crippen molar-refractivity contribution in [2.24, 2.45) is 0 Å². The number of sulfonamides is 1. The van der Waals surface area contributed by atoms with Gasteiger partial charge >= 0.3 is 10.3 Å². The lowest BCUT2D eigenvalue weighted by Gasteiger charge is -2.18. The minimum Gasteiger partial charge on any atom is -0.253 e. The summed E-state index contributed by atoms with van der Waals surface area (Å²) in [6.07, 6.45) is -0.814. The fourth-order valence-corrected chi connectivity index (χ4v) is 3.71. The summed E-state index contributed by atoms with van der Waals surface area (Å²) in [6, 6.07) is 0. The lowest BCUT2D eigenvalue weighted by molar-refractivity contribution is 0.242. The zero-order valence-corrected chi connectivity index (χ0v) is 7.28. The molecule has 1 aliphatic rings. The van der Waals surface area contributed by atoms with Crippen molar-refractivity contribution in [2.45, 2.75) is 13.0 Å². The summed E-state index contributed by atoms with van der Waals surface area (Å²) in [5, 5.41) is 0. The fourth-order valence-electron chi connectivity index (χ4n) is 0.762. The first-order chi connectivity index (χ1) is 4.81. The average Bonchev–Trinajstić information content (AvgIpc) is 1.49. The zero-order valence-electron chi connectivity index (χ0n) is 5.64. The van der Waals surface area contributed by atoms with Gasteiger partial charge in [-0.25, -0.2) is 8.42 Å². The predicted octanol–water partition coefficient (Wildman–Crippen LogP) is -1.43. The Labute approximate surface area is 64.9 Å². The van der Waals surface area contributed by atoms with Gasteiger partial charge in [-0.15, -0.1) is 0 Å². The number of hydrogen-bond donors (Lipinski definition) is 1. The Hall–Kier alpha value is -0.180. The molecule has 1 atom stereocenters. The first-order valence-electron chi connectivity index (χ1n) is 2.75. The first-order valence-corrected chi connectivity index (χ1v) is 5.81. The number of nitrogens with one attached hydrogen (secondary N) is 1. The van der Waals surface area contributed by atoms with Crippen LogP contribution in [-0.4, -0.2) is 28.7 Å². The fraction of sp³-hybridized carbons (Fsp3) is 1.00. The third-order valence-electron chi connectivity index (χ3n) is 0.974. The zero-order chi connectivity index (χ0) is 8.70. The monoisotopic (exact) mass is 201 g/mol. The highest BCUT2D eigenvalue weighted by molar-refractivity contribution is 8.03. The molecule has 1 saturated heterocycles. The Kier molecular flexibility index (Phi) is 1.95. The van der Waals surface area contributed by atoms with E-state index in [-0.39, 0.29) is 5.75 Å². The van der Waals surface area contributed by atoms with Crippen LogP contribution in [0.2, 0.25) is 0 Å². The topological polar surface area (TPSA) is 89.5 Å². The van der Waals surface area contributed by atoms with Crippen molar-refractivity contribution in [1.29, 1.82) is 0 Å². The lowest BCUT2D eigenvalue weighted by Crippen LogP contribution is -2.44. The Balaban J connectivity index is 3.02. The van der Waals surface area contributed by atoms with Crippen molar-refractivity contribution < 1.29 is 21.0 Å². The second kappa shape index (κ2) is 2.41. The predicted molar refractivity (Wildman–Crippen MR) is 36.4 cm³/mol. The molecule has 0 amide bonds. The van der Waals surface area contributed by atoms with Gasteiger partial charge in [0, 0.05) is 0 Å².